The van der Waals surface area contributed by atoms with E-state index in [1.165, 1.54) is 18.1 Å². The van der Waals surface area contributed by atoms with E-state index >= 15 is 0 Å². The van der Waals surface area contributed by atoms with E-state index in [1.54, 1.807) is 0 Å². The number of para-hydroxylation sites is 2. The highest BCUT2D eigenvalue weighted by atomic mass is 16.5. The Kier molecular flexibility index (Phi) is 5.56. The molecule has 5 nitrogen and oxygen atoms in total. The molecule has 26 heavy (non-hydrogen) atoms. The lowest BCUT2D eigenvalue weighted by molar-refractivity contribution is -0.118. The Labute approximate surface area is 154 Å². The highest BCUT2D eigenvalue weighted by Gasteiger charge is 2.11. The molecule has 1 heterocycles. The maximum absolute atomic E-state index is 11.1. The van der Waals surface area contributed by atoms with Gasteiger partial charge in [-0.3, -0.25) is 4.79 Å². The fourth-order valence-electron chi connectivity index (χ4n) is 3.04. The minimum atomic E-state index is -0.0223. The molecule has 0 saturated heterocycles. The van der Waals surface area contributed by atoms with Crippen LogP contribution in [-0.4, -0.2) is 28.6 Å². The van der Waals surface area contributed by atoms with Crippen LogP contribution in [-0.2, 0) is 17.8 Å². The molecule has 1 amide bonds. The Hall–Kier alpha value is -2.82. The van der Waals surface area contributed by atoms with Gasteiger partial charge in [0.1, 0.15) is 18.2 Å². The molecule has 0 radical (unpaired) electrons. The highest BCUT2D eigenvalue weighted by Crippen LogP contribution is 2.21. The summed E-state index contributed by atoms with van der Waals surface area (Å²) in [6.45, 7) is 7.56. The average molecular weight is 351 g/mol. The van der Waals surface area contributed by atoms with Gasteiger partial charge in [0, 0.05) is 19.9 Å². The molecule has 5 heteroatoms. The van der Waals surface area contributed by atoms with Crippen molar-refractivity contribution < 1.29 is 9.53 Å². The van der Waals surface area contributed by atoms with Gasteiger partial charge >= 0.3 is 0 Å². The maximum atomic E-state index is 11.1. The van der Waals surface area contributed by atoms with Crippen LogP contribution in [0.3, 0.4) is 0 Å². The van der Waals surface area contributed by atoms with Gasteiger partial charge in [0.05, 0.1) is 17.6 Å². The van der Waals surface area contributed by atoms with Crippen LogP contribution in [0.2, 0.25) is 0 Å². The average Bonchev–Trinajstić information content (AvgIpc) is 2.96. The van der Waals surface area contributed by atoms with Crippen molar-refractivity contribution in [3.63, 3.8) is 0 Å². The highest BCUT2D eigenvalue weighted by molar-refractivity contribution is 5.76. The van der Waals surface area contributed by atoms with Crippen LogP contribution in [0.1, 0.15) is 23.9 Å². The second kappa shape index (κ2) is 8.04. The molecule has 1 N–H and O–H groups in total. The van der Waals surface area contributed by atoms with Crippen molar-refractivity contribution in [3.05, 3.63) is 59.4 Å². The van der Waals surface area contributed by atoms with E-state index in [1.807, 2.05) is 30.3 Å². The largest absolute Gasteiger partial charge is 0.491 e. The number of benzene rings is 2. The van der Waals surface area contributed by atoms with Crippen molar-refractivity contribution >= 4 is 16.9 Å². The monoisotopic (exact) mass is 351 g/mol. The second-order valence-corrected chi connectivity index (χ2v) is 6.45. The predicted molar refractivity (Wildman–Crippen MR) is 104 cm³/mol. The van der Waals surface area contributed by atoms with E-state index < -0.39 is 0 Å². The number of hydrogen-bond acceptors (Lipinski definition) is 3. The molecule has 0 aliphatic heterocycles. The molecule has 1 aromatic heterocycles. The first-order valence-electron chi connectivity index (χ1n) is 8.94. The maximum Gasteiger partial charge on any atom is 0.216 e. The molecule has 0 bridgehead atoms. The van der Waals surface area contributed by atoms with E-state index in [-0.39, 0.29) is 5.91 Å². The number of carbonyl (C=O) groups excluding carboxylic acids is 1. The number of imidazole rings is 1. The van der Waals surface area contributed by atoms with Crippen molar-refractivity contribution in [1.29, 1.82) is 0 Å². The lowest BCUT2D eigenvalue weighted by atomic mass is 10.1. The molecule has 2 aromatic carbocycles. The first-order chi connectivity index (χ1) is 12.6. The van der Waals surface area contributed by atoms with Gasteiger partial charge in [0.15, 0.2) is 0 Å². The van der Waals surface area contributed by atoms with Gasteiger partial charge in [-0.2, -0.15) is 0 Å². The third kappa shape index (κ3) is 4.04. The third-order valence-electron chi connectivity index (χ3n) is 4.58. The number of hydrogen-bond donors (Lipinski definition) is 1. The molecular weight excluding hydrogens is 326 g/mol. The Balaban J connectivity index is 1.75. The summed E-state index contributed by atoms with van der Waals surface area (Å²) >= 11 is 0. The topological polar surface area (TPSA) is 56.2 Å². The Morgan fingerprint density at radius 1 is 1.15 bits per heavy atom. The van der Waals surface area contributed by atoms with E-state index in [2.05, 4.69) is 35.9 Å². The fraction of sp³-hybridized carbons (Fsp3) is 0.333. The standard InChI is InChI=1S/C21H25N3O2/c1-15-7-6-10-20(16(15)2)26-14-13-24-19-9-5-4-8-18(19)23-21(24)11-12-22-17(3)25/h4-10H,11-14H2,1-3H3,(H,22,25). The smallest absolute Gasteiger partial charge is 0.216 e. The van der Waals surface area contributed by atoms with Gasteiger partial charge in [0.2, 0.25) is 5.91 Å². The third-order valence-corrected chi connectivity index (χ3v) is 4.58. The van der Waals surface area contributed by atoms with Crippen LogP contribution in [0.5, 0.6) is 5.75 Å². The number of nitrogens with one attached hydrogen (secondary N) is 1. The molecule has 0 spiro atoms. The van der Waals surface area contributed by atoms with Crippen LogP contribution < -0.4 is 10.1 Å². The van der Waals surface area contributed by atoms with Crippen LogP contribution in [0.4, 0.5) is 0 Å². The summed E-state index contributed by atoms with van der Waals surface area (Å²) in [5.41, 5.74) is 4.47. The molecule has 0 unspecified atom stereocenters. The van der Waals surface area contributed by atoms with Gasteiger partial charge in [-0.15, -0.1) is 0 Å². The molecular formula is C21H25N3O2. The Morgan fingerprint density at radius 2 is 1.96 bits per heavy atom. The first kappa shape index (κ1) is 18.0. The fourth-order valence-corrected chi connectivity index (χ4v) is 3.04. The molecule has 136 valence electrons. The zero-order chi connectivity index (χ0) is 18.5. The Bertz CT molecular complexity index is 915. The van der Waals surface area contributed by atoms with Gasteiger partial charge in [-0.1, -0.05) is 24.3 Å². The zero-order valence-corrected chi connectivity index (χ0v) is 15.6. The van der Waals surface area contributed by atoms with Gasteiger partial charge in [-0.25, -0.2) is 4.98 Å². The molecule has 0 aliphatic rings. The minimum Gasteiger partial charge on any atom is -0.491 e. The molecule has 0 atom stereocenters. The molecule has 0 aliphatic carbocycles. The van der Waals surface area contributed by atoms with E-state index in [0.29, 0.717) is 26.1 Å². The van der Waals surface area contributed by atoms with E-state index in [4.69, 9.17) is 9.72 Å². The number of aromatic nitrogens is 2. The van der Waals surface area contributed by atoms with Gasteiger partial charge in [-0.05, 0) is 43.2 Å². The number of aryl methyl sites for hydroxylation is 1. The molecule has 3 aromatic rings. The summed E-state index contributed by atoms with van der Waals surface area (Å²) in [7, 11) is 0. The van der Waals surface area contributed by atoms with Crippen LogP contribution in [0.15, 0.2) is 42.5 Å². The lowest BCUT2D eigenvalue weighted by Gasteiger charge is -2.13. The van der Waals surface area contributed by atoms with Crippen molar-refractivity contribution in [2.45, 2.75) is 33.7 Å². The molecule has 0 saturated carbocycles. The number of amides is 1. The van der Waals surface area contributed by atoms with Crippen molar-refractivity contribution in [1.82, 2.24) is 14.9 Å². The van der Waals surface area contributed by atoms with Crippen molar-refractivity contribution in [2.75, 3.05) is 13.2 Å². The summed E-state index contributed by atoms with van der Waals surface area (Å²) in [6.07, 6.45) is 0.692. The quantitative estimate of drug-likeness (QED) is 0.710. The number of carbonyl (C=O) groups is 1. The number of rotatable bonds is 7. The van der Waals surface area contributed by atoms with E-state index in [0.717, 1.165) is 22.6 Å². The van der Waals surface area contributed by atoms with E-state index in [9.17, 15) is 4.79 Å². The number of fused-ring (bicyclic) bond motifs is 1. The van der Waals surface area contributed by atoms with Crippen LogP contribution in [0.25, 0.3) is 11.0 Å². The van der Waals surface area contributed by atoms with Gasteiger partial charge < -0.3 is 14.6 Å². The van der Waals surface area contributed by atoms with Crippen molar-refractivity contribution in [2.24, 2.45) is 0 Å². The van der Waals surface area contributed by atoms with Gasteiger partial charge in [0.25, 0.3) is 0 Å². The number of nitrogens with zero attached hydrogens (tertiary/aromatic N) is 2. The Morgan fingerprint density at radius 3 is 2.77 bits per heavy atom. The summed E-state index contributed by atoms with van der Waals surface area (Å²) in [5, 5.41) is 2.84. The molecule has 0 fully saturated rings. The predicted octanol–water partition coefficient (Wildman–Crippen LogP) is 3.41. The lowest BCUT2D eigenvalue weighted by Crippen LogP contribution is -2.24. The minimum absolute atomic E-state index is 0.0223. The van der Waals surface area contributed by atoms with Crippen LogP contribution in [0, 0.1) is 13.8 Å². The second-order valence-electron chi connectivity index (χ2n) is 6.45. The summed E-state index contributed by atoms with van der Waals surface area (Å²) in [4.78, 5) is 15.8. The SMILES string of the molecule is CC(=O)NCCc1nc2ccccc2n1CCOc1cccc(C)c1C. The van der Waals surface area contributed by atoms with Crippen LogP contribution >= 0.6 is 0 Å². The summed E-state index contributed by atoms with van der Waals surface area (Å²) in [6, 6.07) is 14.2. The van der Waals surface area contributed by atoms with Crippen molar-refractivity contribution in [3.8, 4) is 5.75 Å². The number of ether oxygens (including phenoxy) is 1. The summed E-state index contributed by atoms with van der Waals surface area (Å²) < 4.78 is 8.20. The normalized spacial score (nSPS) is 10.9. The molecule has 3 rings (SSSR count). The zero-order valence-electron chi connectivity index (χ0n) is 15.6. The first-order valence-corrected chi connectivity index (χ1v) is 8.94. The summed E-state index contributed by atoms with van der Waals surface area (Å²) in [5.74, 6) is 1.87.